The predicted molar refractivity (Wildman–Crippen MR) is 154 cm³/mol. The third-order valence-electron chi connectivity index (χ3n) is 5.61. The second-order valence-electron chi connectivity index (χ2n) is 13.0. The fraction of sp³-hybridized carbons (Fsp3) is 0.733. The highest BCUT2D eigenvalue weighted by Gasteiger charge is 2.75. The molecule has 0 aliphatic carbocycles. The van der Waals surface area contributed by atoms with E-state index in [0.29, 0.717) is 0 Å². The van der Waals surface area contributed by atoms with Gasteiger partial charge in [-0.15, -0.1) is 0 Å². The zero-order valence-electron chi connectivity index (χ0n) is 29.4. The summed E-state index contributed by atoms with van der Waals surface area (Å²) in [6.07, 6.45) is -34.7. The summed E-state index contributed by atoms with van der Waals surface area (Å²) in [7, 11) is 0. The van der Waals surface area contributed by atoms with Crippen molar-refractivity contribution in [1.29, 1.82) is 0 Å². The van der Waals surface area contributed by atoms with Gasteiger partial charge in [0.1, 0.15) is 17.3 Å². The summed E-state index contributed by atoms with van der Waals surface area (Å²) < 4.78 is 184. The number of alkyl halides is 12. The van der Waals surface area contributed by atoms with E-state index in [1.165, 1.54) is 48.5 Å². The van der Waals surface area contributed by atoms with E-state index in [4.69, 9.17) is 0 Å². The van der Waals surface area contributed by atoms with Gasteiger partial charge in [-0.2, -0.15) is 52.7 Å². The molecule has 0 fully saturated rings. The minimum atomic E-state index is -6.05. The molecular weight excluding hydrogens is 748 g/mol. The second kappa shape index (κ2) is 17.8. The molecule has 304 valence electrons. The van der Waals surface area contributed by atoms with Crippen LogP contribution in [-0.2, 0) is 38.0 Å². The molecule has 0 spiro atoms. The van der Waals surface area contributed by atoms with Crippen LogP contribution < -0.4 is 0 Å². The lowest BCUT2D eigenvalue weighted by Crippen LogP contribution is -2.61. The van der Waals surface area contributed by atoms with Gasteiger partial charge in [-0.1, -0.05) is 13.2 Å². The normalized spacial score (nSPS) is 13.8. The zero-order valence-corrected chi connectivity index (χ0v) is 29.4. The van der Waals surface area contributed by atoms with Crippen LogP contribution in [0.2, 0.25) is 0 Å². The van der Waals surface area contributed by atoms with Crippen LogP contribution in [0.3, 0.4) is 0 Å². The van der Waals surface area contributed by atoms with Crippen molar-refractivity contribution in [2.24, 2.45) is 0 Å². The molecule has 0 aliphatic heterocycles. The number of halogens is 12. The maximum atomic E-state index is 13.3. The van der Waals surface area contributed by atoms with E-state index >= 15 is 0 Å². The van der Waals surface area contributed by atoms with Crippen LogP contribution in [0.1, 0.15) is 81.6 Å². The van der Waals surface area contributed by atoms with Crippen molar-refractivity contribution in [1.82, 2.24) is 0 Å². The Balaban J connectivity index is 0. The topological polar surface area (TPSA) is 124 Å². The highest BCUT2D eigenvalue weighted by Crippen LogP contribution is 2.50. The Morgan fingerprint density at radius 3 is 1.17 bits per heavy atom. The molecule has 0 saturated carbocycles. The van der Waals surface area contributed by atoms with E-state index in [2.05, 4.69) is 41.6 Å². The molecule has 0 radical (unpaired) electrons. The smallest absolute Gasteiger partial charge is 0.462 e. The van der Waals surface area contributed by atoms with E-state index in [1.807, 2.05) is 0 Å². The van der Waals surface area contributed by atoms with Crippen molar-refractivity contribution in [2.45, 2.75) is 135 Å². The molecular formula is C30H40F12O10. The van der Waals surface area contributed by atoms with E-state index in [0.717, 1.165) is 13.8 Å². The molecule has 0 N–H and O–H groups in total. The summed E-state index contributed by atoms with van der Waals surface area (Å²) in [6, 6.07) is 0. The van der Waals surface area contributed by atoms with Gasteiger partial charge in [-0.25, -0.2) is 19.2 Å². The Labute approximate surface area is 290 Å². The van der Waals surface area contributed by atoms with Crippen LogP contribution in [-0.4, -0.2) is 84.1 Å². The molecule has 0 aromatic heterocycles. The number of carbonyl (C=O) groups excluding carboxylic acids is 4. The van der Waals surface area contributed by atoms with Gasteiger partial charge in [0, 0.05) is 24.0 Å². The SMILES string of the molecule is C=C(C)C(=O)OC(C)CC(OC(=O)OC(C)(C)C)(C(F)(F)F)C(F)(F)F.C=C(C)C(=O)OCCCC(OC(=O)OC(C)(C)C)(C(F)(F)F)C(F)(F)F. The Hall–Kier alpha value is -3.88. The van der Waals surface area contributed by atoms with Gasteiger partial charge in [0.2, 0.25) is 0 Å². The summed E-state index contributed by atoms with van der Waals surface area (Å²) in [4.78, 5) is 45.4. The molecule has 0 aromatic carbocycles. The van der Waals surface area contributed by atoms with Crippen LogP contribution >= 0.6 is 0 Å². The molecule has 1 unspecified atom stereocenters. The van der Waals surface area contributed by atoms with Crippen molar-refractivity contribution in [3.63, 3.8) is 0 Å². The quantitative estimate of drug-likeness (QED) is 0.0658. The first-order chi connectivity index (χ1) is 22.8. The number of rotatable bonds is 11. The van der Waals surface area contributed by atoms with Gasteiger partial charge in [0.05, 0.1) is 6.61 Å². The first-order valence-corrected chi connectivity index (χ1v) is 14.5. The van der Waals surface area contributed by atoms with Crippen LogP contribution in [0.4, 0.5) is 62.3 Å². The molecule has 0 saturated heterocycles. The number of ether oxygens (including phenoxy) is 6. The Bertz CT molecular complexity index is 1240. The largest absolute Gasteiger partial charge is 0.510 e. The van der Waals surface area contributed by atoms with Crippen LogP contribution in [0, 0.1) is 0 Å². The molecule has 0 heterocycles. The fourth-order valence-corrected chi connectivity index (χ4v) is 3.33. The third kappa shape index (κ3) is 15.8. The minimum Gasteiger partial charge on any atom is -0.462 e. The number of hydrogen-bond acceptors (Lipinski definition) is 10. The monoisotopic (exact) mass is 788 g/mol. The maximum Gasteiger partial charge on any atom is 0.510 e. The standard InChI is InChI=1S/2C15H20F6O5/c1-8(2)10(22)24-9(3)7-13(14(16,17)18,15(19,20)21)26-11(23)25-12(4,5)6;1-9(2)10(22)24-8-6-7-13(14(16,17)18,15(19,20)21)26-11(23)25-12(3,4)5/h9H,1,7H2,2-6H3;1,6-8H2,2-5H3. The van der Waals surface area contributed by atoms with Gasteiger partial charge in [0.15, 0.2) is 0 Å². The molecule has 1 atom stereocenters. The van der Waals surface area contributed by atoms with Crippen molar-refractivity contribution in [3.8, 4) is 0 Å². The summed E-state index contributed by atoms with van der Waals surface area (Å²) in [5.74, 6) is -2.16. The Kier molecular flexibility index (Phi) is 17.2. The summed E-state index contributed by atoms with van der Waals surface area (Å²) in [5, 5.41) is 0. The number of hydrogen-bond donors (Lipinski definition) is 0. The lowest BCUT2D eigenvalue weighted by atomic mass is 9.94. The molecule has 52 heavy (non-hydrogen) atoms. The lowest BCUT2D eigenvalue weighted by Gasteiger charge is -2.38. The van der Waals surface area contributed by atoms with Gasteiger partial charge in [-0.05, 0) is 68.7 Å². The van der Waals surface area contributed by atoms with Gasteiger partial charge < -0.3 is 28.4 Å². The van der Waals surface area contributed by atoms with E-state index in [9.17, 15) is 71.9 Å². The molecule has 0 bridgehead atoms. The third-order valence-corrected chi connectivity index (χ3v) is 5.61. The average Bonchev–Trinajstić information content (AvgIpc) is 2.85. The first-order valence-electron chi connectivity index (χ1n) is 14.5. The van der Waals surface area contributed by atoms with Gasteiger partial charge in [-0.3, -0.25) is 0 Å². The maximum absolute atomic E-state index is 13.3. The summed E-state index contributed by atoms with van der Waals surface area (Å²) >= 11 is 0. The van der Waals surface area contributed by atoms with Crippen molar-refractivity contribution >= 4 is 24.2 Å². The minimum absolute atomic E-state index is 0.0760. The Morgan fingerprint density at radius 2 is 0.885 bits per heavy atom. The van der Waals surface area contributed by atoms with E-state index in [-0.39, 0.29) is 11.1 Å². The highest BCUT2D eigenvalue weighted by molar-refractivity contribution is 5.87. The van der Waals surface area contributed by atoms with E-state index in [1.54, 1.807) is 0 Å². The average molecular weight is 789 g/mol. The van der Waals surface area contributed by atoms with Crippen molar-refractivity contribution < 1.29 is 100 Å². The number of carbonyl (C=O) groups is 4. The second-order valence-corrected chi connectivity index (χ2v) is 13.0. The van der Waals surface area contributed by atoms with Crippen LogP contribution in [0.25, 0.3) is 0 Å². The molecule has 0 rings (SSSR count). The predicted octanol–water partition coefficient (Wildman–Crippen LogP) is 9.40. The first kappa shape index (κ1) is 50.2. The van der Waals surface area contributed by atoms with Crippen molar-refractivity contribution in [2.75, 3.05) is 6.61 Å². The molecule has 0 aromatic rings. The molecule has 0 aliphatic rings. The van der Waals surface area contributed by atoms with Gasteiger partial charge >= 0.3 is 60.2 Å². The fourth-order valence-electron chi connectivity index (χ4n) is 3.33. The van der Waals surface area contributed by atoms with E-state index < -0.39 is 103 Å². The number of esters is 2. The molecule has 0 amide bonds. The summed E-state index contributed by atoms with van der Waals surface area (Å²) in [5.41, 5.74) is -12.8. The van der Waals surface area contributed by atoms with Crippen molar-refractivity contribution in [3.05, 3.63) is 24.3 Å². The lowest BCUT2D eigenvalue weighted by molar-refractivity contribution is -0.374. The van der Waals surface area contributed by atoms with Crippen LogP contribution in [0.15, 0.2) is 24.3 Å². The zero-order chi connectivity index (χ0) is 42.1. The molecule has 22 heteroatoms. The highest BCUT2D eigenvalue weighted by atomic mass is 19.4. The van der Waals surface area contributed by atoms with Gasteiger partial charge in [0.25, 0.3) is 0 Å². The Morgan fingerprint density at radius 1 is 0.558 bits per heavy atom. The summed E-state index contributed by atoms with van der Waals surface area (Å²) in [6.45, 7) is 16.3. The van der Waals surface area contributed by atoms with Crippen LogP contribution in [0.5, 0.6) is 0 Å². The molecule has 10 nitrogen and oxygen atoms in total.